The number of hydrogen-bond acceptors (Lipinski definition) is 2. The molecular formula is C13H16ClNO2. The predicted molar refractivity (Wildman–Crippen MR) is 67.3 cm³/mol. The van der Waals surface area contributed by atoms with Crippen LogP contribution in [0.25, 0.3) is 0 Å². The minimum absolute atomic E-state index is 0.00158. The van der Waals surface area contributed by atoms with Crippen molar-refractivity contribution in [1.29, 1.82) is 0 Å². The van der Waals surface area contributed by atoms with Crippen molar-refractivity contribution < 1.29 is 9.53 Å². The van der Waals surface area contributed by atoms with Crippen LogP contribution in [0.1, 0.15) is 24.9 Å². The molecule has 3 nitrogen and oxygen atoms in total. The highest BCUT2D eigenvalue weighted by Crippen LogP contribution is 2.31. The Bertz CT molecular complexity index is 408. The molecule has 92 valence electrons. The van der Waals surface area contributed by atoms with Gasteiger partial charge >= 0.3 is 0 Å². The quantitative estimate of drug-likeness (QED) is 0.841. The molecule has 1 heterocycles. The maximum atomic E-state index is 11.8. The van der Waals surface area contributed by atoms with Crippen LogP contribution in [-0.2, 0) is 4.79 Å². The van der Waals surface area contributed by atoms with Crippen LogP contribution in [0, 0.1) is 5.92 Å². The number of nitrogens with one attached hydrogen (secondary N) is 1. The molecule has 0 saturated carbocycles. The number of halogens is 1. The fraction of sp³-hybridized carbons (Fsp3) is 0.462. The van der Waals surface area contributed by atoms with Gasteiger partial charge in [-0.05, 0) is 6.07 Å². The first-order chi connectivity index (χ1) is 8.22. The summed E-state index contributed by atoms with van der Waals surface area (Å²) in [4.78, 5) is 11.8. The summed E-state index contributed by atoms with van der Waals surface area (Å²) in [6.07, 6.45) is 0.803. The van der Waals surface area contributed by atoms with Gasteiger partial charge < -0.3 is 10.1 Å². The molecule has 2 atom stereocenters. The van der Waals surface area contributed by atoms with Crippen molar-refractivity contribution >= 4 is 17.5 Å². The number of para-hydroxylation sites is 1. The molecule has 17 heavy (non-hydrogen) atoms. The van der Waals surface area contributed by atoms with Crippen molar-refractivity contribution in [3.05, 3.63) is 29.8 Å². The van der Waals surface area contributed by atoms with Crippen molar-refractivity contribution in [2.75, 3.05) is 12.5 Å². The van der Waals surface area contributed by atoms with Crippen LogP contribution >= 0.6 is 11.6 Å². The van der Waals surface area contributed by atoms with E-state index in [4.69, 9.17) is 16.3 Å². The number of benzene rings is 1. The van der Waals surface area contributed by atoms with Crippen LogP contribution in [0.15, 0.2) is 24.3 Å². The van der Waals surface area contributed by atoms with Gasteiger partial charge in [-0.25, -0.2) is 0 Å². The zero-order chi connectivity index (χ0) is 12.3. The fourth-order valence-corrected chi connectivity index (χ4v) is 2.02. The van der Waals surface area contributed by atoms with Crippen molar-refractivity contribution in [2.45, 2.75) is 19.4 Å². The van der Waals surface area contributed by atoms with Crippen molar-refractivity contribution in [3.8, 4) is 5.75 Å². The molecular weight excluding hydrogens is 238 g/mol. The summed E-state index contributed by atoms with van der Waals surface area (Å²) in [6.45, 7) is 2.46. The van der Waals surface area contributed by atoms with Gasteiger partial charge in [0.15, 0.2) is 0 Å². The average molecular weight is 254 g/mol. The third kappa shape index (κ3) is 2.72. The highest BCUT2D eigenvalue weighted by atomic mass is 35.5. The normalized spacial score (nSPS) is 20.0. The second kappa shape index (κ2) is 5.41. The Labute approximate surface area is 106 Å². The zero-order valence-corrected chi connectivity index (χ0v) is 10.5. The Morgan fingerprint density at radius 3 is 3.12 bits per heavy atom. The van der Waals surface area contributed by atoms with Crippen LogP contribution in [0.3, 0.4) is 0 Å². The Kier molecular flexibility index (Phi) is 3.89. The van der Waals surface area contributed by atoms with Gasteiger partial charge in [-0.1, -0.05) is 25.1 Å². The third-order valence-corrected chi connectivity index (χ3v) is 3.42. The van der Waals surface area contributed by atoms with E-state index < -0.39 is 0 Å². The lowest BCUT2D eigenvalue weighted by Gasteiger charge is -2.27. The van der Waals surface area contributed by atoms with Crippen LogP contribution in [0.5, 0.6) is 5.75 Å². The number of alkyl halides is 1. The average Bonchev–Trinajstić information content (AvgIpc) is 2.38. The first-order valence-electron chi connectivity index (χ1n) is 5.80. The second-order valence-corrected chi connectivity index (χ2v) is 4.60. The highest BCUT2D eigenvalue weighted by Gasteiger charge is 2.24. The minimum atomic E-state index is -0.160. The smallest absolute Gasteiger partial charge is 0.224 e. The highest BCUT2D eigenvalue weighted by molar-refractivity contribution is 6.19. The monoisotopic (exact) mass is 253 g/mol. The topological polar surface area (TPSA) is 38.3 Å². The zero-order valence-electron chi connectivity index (χ0n) is 9.78. The summed E-state index contributed by atoms with van der Waals surface area (Å²) in [5.41, 5.74) is 1.05. The number of carbonyl (C=O) groups excluding carboxylic acids is 1. The summed E-state index contributed by atoms with van der Waals surface area (Å²) in [5.74, 6) is 1.05. The first-order valence-corrected chi connectivity index (χ1v) is 6.34. The molecule has 2 unspecified atom stereocenters. The van der Waals surface area contributed by atoms with Crippen molar-refractivity contribution in [1.82, 2.24) is 5.32 Å². The summed E-state index contributed by atoms with van der Waals surface area (Å²) < 4.78 is 5.54. The second-order valence-electron chi connectivity index (χ2n) is 4.29. The lowest BCUT2D eigenvalue weighted by Crippen LogP contribution is -2.36. The fourth-order valence-electron chi connectivity index (χ4n) is 1.88. The van der Waals surface area contributed by atoms with E-state index >= 15 is 0 Å². The van der Waals surface area contributed by atoms with Gasteiger partial charge in [0.05, 0.1) is 12.6 Å². The molecule has 0 spiro atoms. The van der Waals surface area contributed by atoms with E-state index in [0.29, 0.717) is 12.5 Å². The molecule has 4 heteroatoms. The molecule has 0 aliphatic carbocycles. The summed E-state index contributed by atoms with van der Waals surface area (Å²) in [5, 5.41) is 3.02. The molecule has 2 rings (SSSR count). The largest absolute Gasteiger partial charge is 0.493 e. The number of hydrogen-bond donors (Lipinski definition) is 1. The van der Waals surface area contributed by atoms with Gasteiger partial charge in [-0.15, -0.1) is 11.6 Å². The van der Waals surface area contributed by atoms with E-state index in [2.05, 4.69) is 5.32 Å². The van der Waals surface area contributed by atoms with Gasteiger partial charge in [0.25, 0.3) is 0 Å². The van der Waals surface area contributed by atoms with E-state index in [1.54, 1.807) is 0 Å². The van der Waals surface area contributed by atoms with Gasteiger partial charge in [0.2, 0.25) is 5.91 Å². The van der Waals surface area contributed by atoms with Crippen molar-refractivity contribution in [3.63, 3.8) is 0 Å². The number of rotatable bonds is 3. The molecule has 0 aromatic heterocycles. The summed E-state index contributed by atoms with van der Waals surface area (Å²) >= 11 is 5.68. The van der Waals surface area contributed by atoms with Gasteiger partial charge in [-0.3, -0.25) is 4.79 Å². The Hall–Kier alpha value is -1.22. The Balaban J connectivity index is 2.11. The molecule has 1 amide bonds. The SMILES string of the molecule is CC(CCl)C(=O)NC1CCOc2ccccc21. The number of fused-ring (bicyclic) bond motifs is 1. The molecule has 0 bridgehead atoms. The van der Waals surface area contributed by atoms with E-state index in [-0.39, 0.29) is 17.9 Å². The first kappa shape index (κ1) is 12.2. The number of ether oxygens (including phenoxy) is 1. The standard InChI is InChI=1S/C13H16ClNO2/c1-9(8-14)13(16)15-11-6-7-17-12-5-3-2-4-10(11)12/h2-5,9,11H,6-8H2,1H3,(H,15,16). The molecule has 0 radical (unpaired) electrons. The third-order valence-electron chi connectivity index (χ3n) is 2.95. The van der Waals surface area contributed by atoms with Gasteiger partial charge in [0.1, 0.15) is 5.75 Å². The molecule has 1 N–H and O–H groups in total. The lowest BCUT2D eigenvalue weighted by atomic mass is 10.00. The van der Waals surface area contributed by atoms with Crippen molar-refractivity contribution in [2.24, 2.45) is 5.92 Å². The van der Waals surface area contributed by atoms with E-state index in [1.165, 1.54) is 0 Å². The molecule has 1 aliphatic heterocycles. The Morgan fingerprint density at radius 1 is 1.59 bits per heavy atom. The van der Waals surface area contributed by atoms with Crippen LogP contribution in [0.2, 0.25) is 0 Å². The maximum Gasteiger partial charge on any atom is 0.224 e. The molecule has 1 aromatic carbocycles. The van der Waals surface area contributed by atoms with Crippen LogP contribution in [0.4, 0.5) is 0 Å². The summed E-state index contributed by atoms with van der Waals surface area (Å²) in [7, 11) is 0. The van der Waals surface area contributed by atoms with Gasteiger partial charge in [0, 0.05) is 23.8 Å². The number of amides is 1. The predicted octanol–water partition coefficient (Wildman–Crippen LogP) is 2.50. The molecule has 0 saturated heterocycles. The number of carbonyl (C=O) groups is 1. The molecule has 1 aromatic rings. The molecule has 1 aliphatic rings. The minimum Gasteiger partial charge on any atom is -0.493 e. The van der Waals surface area contributed by atoms with E-state index in [0.717, 1.165) is 17.7 Å². The lowest BCUT2D eigenvalue weighted by molar-refractivity contribution is -0.124. The van der Waals surface area contributed by atoms with Crippen LogP contribution in [-0.4, -0.2) is 18.4 Å². The maximum absolute atomic E-state index is 11.8. The van der Waals surface area contributed by atoms with Crippen LogP contribution < -0.4 is 10.1 Å². The summed E-state index contributed by atoms with van der Waals surface area (Å²) in [6, 6.07) is 7.85. The molecule has 0 fully saturated rings. The Morgan fingerprint density at radius 2 is 2.35 bits per heavy atom. The van der Waals surface area contributed by atoms with Gasteiger partial charge in [-0.2, -0.15) is 0 Å². The van der Waals surface area contributed by atoms with E-state index in [9.17, 15) is 4.79 Å². The van der Waals surface area contributed by atoms with E-state index in [1.807, 2.05) is 31.2 Å².